The fourth-order valence-electron chi connectivity index (χ4n) is 2.34. The summed E-state index contributed by atoms with van der Waals surface area (Å²) in [5.74, 6) is 0. The monoisotopic (exact) mass is 270 g/mol. The zero-order chi connectivity index (χ0) is 13.4. The number of alkyl halides is 1. The van der Waals surface area contributed by atoms with Crippen LogP contribution in [0.2, 0.25) is 0 Å². The molecule has 1 aromatic rings. The predicted octanol–water partition coefficient (Wildman–Crippen LogP) is 3.59. The van der Waals surface area contributed by atoms with Gasteiger partial charge in [0.1, 0.15) is 5.67 Å². The SMILES string of the molecule is CC(C)(C)c1csc(CC2(F)CCC(N)CC2)n1. The van der Waals surface area contributed by atoms with Crippen LogP contribution in [0.15, 0.2) is 5.38 Å². The summed E-state index contributed by atoms with van der Waals surface area (Å²) in [7, 11) is 0. The maximum absolute atomic E-state index is 14.6. The third-order valence-electron chi connectivity index (χ3n) is 3.71. The average Bonchev–Trinajstić information content (AvgIpc) is 2.71. The second-order valence-electron chi connectivity index (χ2n) is 6.54. The molecule has 2 rings (SSSR count). The number of rotatable bonds is 2. The Hall–Kier alpha value is -0.480. The maximum Gasteiger partial charge on any atom is 0.117 e. The van der Waals surface area contributed by atoms with E-state index in [-0.39, 0.29) is 11.5 Å². The van der Waals surface area contributed by atoms with Gasteiger partial charge in [0.05, 0.1) is 10.7 Å². The highest BCUT2D eigenvalue weighted by Gasteiger charge is 2.35. The van der Waals surface area contributed by atoms with Gasteiger partial charge in [-0.15, -0.1) is 11.3 Å². The van der Waals surface area contributed by atoms with Gasteiger partial charge in [-0.2, -0.15) is 0 Å². The van der Waals surface area contributed by atoms with Gasteiger partial charge in [0.15, 0.2) is 0 Å². The third-order valence-corrected chi connectivity index (χ3v) is 4.56. The molecule has 0 amide bonds. The molecule has 4 heteroatoms. The van der Waals surface area contributed by atoms with Crippen LogP contribution in [0.25, 0.3) is 0 Å². The fraction of sp³-hybridized carbons (Fsp3) is 0.786. The highest BCUT2D eigenvalue weighted by Crippen LogP contribution is 2.35. The highest BCUT2D eigenvalue weighted by atomic mass is 32.1. The van der Waals surface area contributed by atoms with E-state index in [1.165, 1.54) is 0 Å². The summed E-state index contributed by atoms with van der Waals surface area (Å²) in [6.45, 7) is 6.41. The zero-order valence-corrected chi connectivity index (χ0v) is 12.3. The van der Waals surface area contributed by atoms with Crippen LogP contribution < -0.4 is 5.73 Å². The minimum Gasteiger partial charge on any atom is -0.328 e. The van der Waals surface area contributed by atoms with Crippen molar-refractivity contribution in [1.82, 2.24) is 4.98 Å². The predicted molar refractivity (Wildman–Crippen MR) is 74.8 cm³/mol. The first-order valence-corrected chi connectivity index (χ1v) is 7.56. The summed E-state index contributed by atoms with van der Waals surface area (Å²) in [6, 6.07) is 0.190. The van der Waals surface area contributed by atoms with Gasteiger partial charge in [-0.25, -0.2) is 9.37 Å². The van der Waals surface area contributed by atoms with Crippen molar-refractivity contribution in [2.75, 3.05) is 0 Å². The van der Waals surface area contributed by atoms with Crippen molar-refractivity contribution in [2.24, 2.45) is 5.73 Å². The minimum atomic E-state index is -1.08. The van der Waals surface area contributed by atoms with E-state index in [1.54, 1.807) is 11.3 Å². The number of halogens is 1. The first kappa shape index (κ1) is 13.9. The van der Waals surface area contributed by atoms with Crippen LogP contribution in [0.1, 0.15) is 57.2 Å². The van der Waals surface area contributed by atoms with E-state index in [0.717, 1.165) is 23.5 Å². The van der Waals surface area contributed by atoms with Gasteiger partial charge in [0, 0.05) is 23.3 Å². The molecule has 0 radical (unpaired) electrons. The first-order chi connectivity index (χ1) is 8.28. The molecule has 0 aromatic carbocycles. The average molecular weight is 270 g/mol. The molecule has 18 heavy (non-hydrogen) atoms. The Labute approximate surface area is 113 Å². The van der Waals surface area contributed by atoms with Crippen LogP contribution in [0.3, 0.4) is 0 Å². The van der Waals surface area contributed by atoms with Crippen LogP contribution in [0.5, 0.6) is 0 Å². The Morgan fingerprint density at radius 2 is 2.06 bits per heavy atom. The second kappa shape index (κ2) is 4.89. The Bertz CT molecular complexity index is 400. The molecular weight excluding hydrogens is 247 g/mol. The summed E-state index contributed by atoms with van der Waals surface area (Å²) in [6.07, 6.45) is 3.22. The molecular formula is C14H23FN2S. The maximum atomic E-state index is 14.6. The number of aromatic nitrogens is 1. The molecule has 1 saturated carbocycles. The summed E-state index contributed by atoms with van der Waals surface area (Å²) in [5.41, 5.74) is 5.87. The second-order valence-corrected chi connectivity index (χ2v) is 7.48. The van der Waals surface area contributed by atoms with Crippen molar-refractivity contribution >= 4 is 11.3 Å². The number of nitrogens with zero attached hydrogens (tertiary/aromatic N) is 1. The zero-order valence-electron chi connectivity index (χ0n) is 11.5. The quantitative estimate of drug-likeness (QED) is 0.892. The van der Waals surface area contributed by atoms with Crippen LogP contribution in [-0.4, -0.2) is 16.7 Å². The molecule has 0 saturated heterocycles. The van der Waals surface area contributed by atoms with Crippen molar-refractivity contribution in [1.29, 1.82) is 0 Å². The first-order valence-electron chi connectivity index (χ1n) is 6.68. The molecule has 1 aromatic heterocycles. The van der Waals surface area contributed by atoms with Crippen LogP contribution in [-0.2, 0) is 11.8 Å². The lowest BCUT2D eigenvalue weighted by atomic mass is 9.82. The molecule has 1 heterocycles. The van der Waals surface area contributed by atoms with Gasteiger partial charge in [0.2, 0.25) is 0 Å². The molecule has 0 spiro atoms. The Morgan fingerprint density at radius 1 is 1.44 bits per heavy atom. The van der Waals surface area contributed by atoms with E-state index >= 15 is 0 Å². The van der Waals surface area contributed by atoms with Gasteiger partial charge in [0.25, 0.3) is 0 Å². The minimum absolute atomic E-state index is 0.0488. The van der Waals surface area contributed by atoms with Crippen LogP contribution in [0.4, 0.5) is 4.39 Å². The summed E-state index contributed by atoms with van der Waals surface area (Å²) in [5, 5.41) is 2.99. The van der Waals surface area contributed by atoms with E-state index in [9.17, 15) is 4.39 Å². The molecule has 2 nitrogen and oxygen atoms in total. The summed E-state index contributed by atoms with van der Waals surface area (Å²) >= 11 is 1.59. The molecule has 0 aliphatic heterocycles. The third kappa shape index (κ3) is 3.29. The van der Waals surface area contributed by atoms with E-state index in [0.29, 0.717) is 19.3 Å². The Kier molecular flexibility index (Phi) is 3.79. The van der Waals surface area contributed by atoms with Gasteiger partial charge >= 0.3 is 0 Å². The largest absolute Gasteiger partial charge is 0.328 e. The van der Waals surface area contributed by atoms with E-state index in [1.807, 2.05) is 0 Å². The lowest BCUT2D eigenvalue weighted by Crippen LogP contribution is -2.37. The molecule has 0 unspecified atom stereocenters. The summed E-state index contributed by atoms with van der Waals surface area (Å²) in [4.78, 5) is 4.59. The van der Waals surface area contributed by atoms with E-state index in [4.69, 9.17) is 5.73 Å². The van der Waals surface area contributed by atoms with E-state index in [2.05, 4.69) is 31.1 Å². The Morgan fingerprint density at radius 3 is 2.56 bits per heavy atom. The molecule has 0 atom stereocenters. The molecule has 102 valence electrons. The number of thiazole rings is 1. The standard InChI is InChI=1S/C14H23FN2S/c1-13(2,3)11-9-18-12(17-11)8-14(15)6-4-10(16)5-7-14/h9-10H,4-8,16H2,1-3H3. The van der Waals surface area contributed by atoms with Gasteiger partial charge in [-0.3, -0.25) is 0 Å². The lowest BCUT2D eigenvalue weighted by molar-refractivity contribution is 0.0993. The van der Waals surface area contributed by atoms with Gasteiger partial charge in [-0.05, 0) is 25.7 Å². The van der Waals surface area contributed by atoms with Crippen LogP contribution >= 0.6 is 11.3 Å². The van der Waals surface area contributed by atoms with Crippen molar-refractivity contribution in [3.05, 3.63) is 16.1 Å². The highest BCUT2D eigenvalue weighted by molar-refractivity contribution is 7.09. The van der Waals surface area contributed by atoms with Crippen molar-refractivity contribution in [3.8, 4) is 0 Å². The molecule has 1 aliphatic rings. The molecule has 1 fully saturated rings. The normalized spacial score (nSPS) is 29.5. The van der Waals surface area contributed by atoms with E-state index < -0.39 is 5.67 Å². The number of hydrogen-bond acceptors (Lipinski definition) is 3. The van der Waals surface area contributed by atoms with Crippen molar-refractivity contribution in [2.45, 2.75) is 70.0 Å². The number of nitrogens with two attached hydrogens (primary N) is 1. The molecule has 1 aliphatic carbocycles. The van der Waals surface area contributed by atoms with Crippen molar-refractivity contribution in [3.63, 3.8) is 0 Å². The number of hydrogen-bond donors (Lipinski definition) is 1. The smallest absolute Gasteiger partial charge is 0.117 e. The van der Waals surface area contributed by atoms with Crippen molar-refractivity contribution < 1.29 is 4.39 Å². The van der Waals surface area contributed by atoms with Gasteiger partial charge < -0.3 is 5.73 Å². The molecule has 2 N–H and O–H groups in total. The topological polar surface area (TPSA) is 38.9 Å². The molecule has 0 bridgehead atoms. The summed E-state index contributed by atoms with van der Waals surface area (Å²) < 4.78 is 14.6. The fourth-order valence-corrected chi connectivity index (χ4v) is 3.49. The van der Waals surface area contributed by atoms with Gasteiger partial charge in [-0.1, -0.05) is 20.8 Å². The van der Waals surface area contributed by atoms with Crippen LogP contribution in [0, 0.1) is 0 Å². The Balaban J connectivity index is 2.03. The lowest BCUT2D eigenvalue weighted by Gasteiger charge is -2.31.